The molecule has 1 heterocycles. The van der Waals surface area contributed by atoms with Gasteiger partial charge in [0.15, 0.2) is 0 Å². The van der Waals surface area contributed by atoms with Crippen LogP contribution in [0.15, 0.2) is 17.5 Å². The monoisotopic (exact) mass is 298 g/mol. The zero-order valence-corrected chi connectivity index (χ0v) is 13.4. The smallest absolute Gasteiger partial charge is 0.408 e. The molecule has 0 aliphatic carbocycles. The van der Waals surface area contributed by atoms with Gasteiger partial charge in [-0.3, -0.25) is 4.79 Å². The summed E-state index contributed by atoms with van der Waals surface area (Å²) < 4.78 is 5.19. The number of carbonyl (C=O) groups is 2. The topological polar surface area (TPSA) is 67.4 Å². The van der Waals surface area contributed by atoms with E-state index in [9.17, 15) is 9.59 Å². The highest BCUT2D eigenvalue weighted by Crippen LogP contribution is 2.10. The van der Waals surface area contributed by atoms with Crippen molar-refractivity contribution in [3.8, 4) is 0 Å². The van der Waals surface area contributed by atoms with Crippen LogP contribution in [0.5, 0.6) is 0 Å². The fourth-order valence-corrected chi connectivity index (χ4v) is 2.06. The Balaban J connectivity index is 2.45. The molecular formula is C14H22N2O3S. The van der Waals surface area contributed by atoms with Gasteiger partial charge in [-0.05, 0) is 46.1 Å². The lowest BCUT2D eigenvalue weighted by atomic mass is 10.1. The van der Waals surface area contributed by atoms with Crippen LogP contribution in [0.3, 0.4) is 0 Å². The van der Waals surface area contributed by atoms with Crippen molar-refractivity contribution in [1.82, 2.24) is 10.6 Å². The number of carbonyl (C=O) groups excluding carboxylic acids is 2. The molecule has 112 valence electrons. The molecule has 6 heteroatoms. The molecule has 0 spiro atoms. The van der Waals surface area contributed by atoms with Gasteiger partial charge in [0, 0.05) is 6.54 Å². The predicted octanol–water partition coefficient (Wildman–Crippen LogP) is 2.78. The standard InChI is InChI=1S/C14H22N2O3S/c1-13(2,3)19-12(18)16-14(4,5)9-15-11(17)10-7-6-8-20-10/h6-8H,9H2,1-5H3,(H,15,17)(H,16,18). The number of amides is 2. The molecule has 0 fully saturated rings. The van der Waals surface area contributed by atoms with E-state index < -0.39 is 17.2 Å². The summed E-state index contributed by atoms with van der Waals surface area (Å²) in [5.74, 6) is -0.140. The first-order valence-corrected chi connectivity index (χ1v) is 7.30. The van der Waals surface area contributed by atoms with Gasteiger partial charge in [0.2, 0.25) is 0 Å². The summed E-state index contributed by atoms with van der Waals surface area (Å²) in [7, 11) is 0. The van der Waals surface area contributed by atoms with Crippen molar-refractivity contribution in [1.29, 1.82) is 0 Å². The zero-order chi connectivity index (χ0) is 15.4. The summed E-state index contributed by atoms with van der Waals surface area (Å²) in [6, 6.07) is 3.58. The fourth-order valence-electron chi connectivity index (χ4n) is 1.42. The van der Waals surface area contributed by atoms with Gasteiger partial charge in [-0.25, -0.2) is 4.79 Å². The first kappa shape index (κ1) is 16.5. The maximum atomic E-state index is 11.8. The number of hydrogen-bond acceptors (Lipinski definition) is 4. The van der Waals surface area contributed by atoms with E-state index in [4.69, 9.17) is 4.74 Å². The van der Waals surface area contributed by atoms with Gasteiger partial charge in [-0.2, -0.15) is 0 Å². The average Bonchev–Trinajstić information content (AvgIpc) is 2.75. The highest BCUT2D eigenvalue weighted by Gasteiger charge is 2.25. The quantitative estimate of drug-likeness (QED) is 0.898. The first-order chi connectivity index (χ1) is 9.09. The number of thiophene rings is 1. The van der Waals surface area contributed by atoms with Crippen LogP contribution in [0.25, 0.3) is 0 Å². The summed E-state index contributed by atoms with van der Waals surface area (Å²) in [5.41, 5.74) is -1.13. The van der Waals surface area contributed by atoms with Gasteiger partial charge >= 0.3 is 6.09 Å². The van der Waals surface area contributed by atoms with E-state index in [1.54, 1.807) is 26.8 Å². The van der Waals surface area contributed by atoms with Crippen LogP contribution in [0, 0.1) is 0 Å². The van der Waals surface area contributed by atoms with Crippen molar-refractivity contribution in [3.63, 3.8) is 0 Å². The predicted molar refractivity (Wildman–Crippen MR) is 80.1 cm³/mol. The van der Waals surface area contributed by atoms with E-state index in [1.807, 2.05) is 25.3 Å². The lowest BCUT2D eigenvalue weighted by molar-refractivity contribution is 0.0469. The molecule has 0 radical (unpaired) electrons. The number of hydrogen-bond donors (Lipinski definition) is 2. The molecule has 0 aliphatic rings. The number of rotatable bonds is 4. The minimum Gasteiger partial charge on any atom is -0.444 e. The van der Waals surface area contributed by atoms with Crippen LogP contribution in [-0.4, -0.2) is 29.7 Å². The van der Waals surface area contributed by atoms with Crippen LogP contribution in [0.2, 0.25) is 0 Å². The molecule has 2 amide bonds. The van der Waals surface area contributed by atoms with E-state index >= 15 is 0 Å². The molecule has 0 saturated heterocycles. The first-order valence-electron chi connectivity index (χ1n) is 6.42. The van der Waals surface area contributed by atoms with E-state index in [-0.39, 0.29) is 5.91 Å². The lowest BCUT2D eigenvalue weighted by Crippen LogP contribution is -2.52. The van der Waals surface area contributed by atoms with E-state index in [2.05, 4.69) is 10.6 Å². The Hall–Kier alpha value is -1.56. The maximum Gasteiger partial charge on any atom is 0.408 e. The number of nitrogens with one attached hydrogen (secondary N) is 2. The Bertz CT molecular complexity index is 461. The molecule has 1 aromatic rings. The van der Waals surface area contributed by atoms with Gasteiger partial charge < -0.3 is 15.4 Å². The van der Waals surface area contributed by atoms with Crippen LogP contribution < -0.4 is 10.6 Å². The molecule has 0 unspecified atom stereocenters. The molecule has 5 nitrogen and oxygen atoms in total. The normalized spacial score (nSPS) is 11.8. The van der Waals surface area contributed by atoms with Crippen molar-refractivity contribution in [2.45, 2.75) is 45.8 Å². The Morgan fingerprint density at radius 3 is 2.40 bits per heavy atom. The Morgan fingerprint density at radius 1 is 1.25 bits per heavy atom. The third-order valence-corrected chi connectivity index (χ3v) is 3.14. The highest BCUT2D eigenvalue weighted by atomic mass is 32.1. The average molecular weight is 298 g/mol. The molecule has 1 rings (SSSR count). The third kappa shape index (κ3) is 6.06. The van der Waals surface area contributed by atoms with Gasteiger partial charge in [0.1, 0.15) is 5.60 Å². The van der Waals surface area contributed by atoms with Crippen LogP contribution >= 0.6 is 11.3 Å². The minimum atomic E-state index is -0.588. The van der Waals surface area contributed by atoms with E-state index in [0.29, 0.717) is 11.4 Å². The van der Waals surface area contributed by atoms with Gasteiger partial charge in [-0.15, -0.1) is 11.3 Å². The Kier molecular flexibility index (Phi) is 5.16. The van der Waals surface area contributed by atoms with Crippen molar-refractivity contribution in [2.24, 2.45) is 0 Å². The van der Waals surface area contributed by atoms with E-state index in [0.717, 1.165) is 0 Å². The van der Waals surface area contributed by atoms with Crippen molar-refractivity contribution < 1.29 is 14.3 Å². The molecule has 2 N–H and O–H groups in total. The molecule has 0 aromatic carbocycles. The number of ether oxygens (including phenoxy) is 1. The Morgan fingerprint density at radius 2 is 1.90 bits per heavy atom. The summed E-state index contributed by atoms with van der Waals surface area (Å²) in [6.45, 7) is 9.38. The molecule has 0 aliphatic heterocycles. The van der Waals surface area contributed by atoms with Gasteiger partial charge in [0.05, 0.1) is 10.4 Å². The van der Waals surface area contributed by atoms with Crippen molar-refractivity contribution in [2.75, 3.05) is 6.54 Å². The van der Waals surface area contributed by atoms with Crippen LogP contribution in [0.1, 0.15) is 44.3 Å². The van der Waals surface area contributed by atoms with Gasteiger partial charge in [0.25, 0.3) is 5.91 Å². The summed E-state index contributed by atoms with van der Waals surface area (Å²) in [4.78, 5) is 24.2. The van der Waals surface area contributed by atoms with Crippen molar-refractivity contribution in [3.05, 3.63) is 22.4 Å². The second-order valence-electron chi connectivity index (χ2n) is 6.17. The molecule has 0 atom stereocenters. The largest absolute Gasteiger partial charge is 0.444 e. The number of alkyl carbamates (subject to hydrolysis) is 1. The van der Waals surface area contributed by atoms with Crippen LogP contribution in [0.4, 0.5) is 4.79 Å². The molecule has 1 aromatic heterocycles. The summed E-state index contributed by atoms with van der Waals surface area (Å²) in [5, 5.41) is 7.38. The lowest BCUT2D eigenvalue weighted by Gasteiger charge is -2.28. The SMILES string of the molecule is CC(C)(CNC(=O)c1cccs1)NC(=O)OC(C)(C)C. The fraction of sp³-hybridized carbons (Fsp3) is 0.571. The summed E-state index contributed by atoms with van der Waals surface area (Å²) >= 11 is 1.38. The second-order valence-corrected chi connectivity index (χ2v) is 7.12. The minimum absolute atomic E-state index is 0.140. The highest BCUT2D eigenvalue weighted by molar-refractivity contribution is 7.12. The third-order valence-electron chi connectivity index (χ3n) is 2.28. The van der Waals surface area contributed by atoms with E-state index in [1.165, 1.54) is 11.3 Å². The molecule has 20 heavy (non-hydrogen) atoms. The van der Waals surface area contributed by atoms with Crippen LogP contribution in [-0.2, 0) is 4.74 Å². The maximum absolute atomic E-state index is 11.8. The van der Waals surface area contributed by atoms with Crippen molar-refractivity contribution >= 4 is 23.3 Å². The second kappa shape index (κ2) is 6.26. The zero-order valence-electron chi connectivity index (χ0n) is 12.6. The molecular weight excluding hydrogens is 276 g/mol. The Labute approximate surface area is 123 Å². The molecule has 0 bridgehead atoms. The molecule has 0 saturated carbocycles. The summed E-state index contributed by atoms with van der Waals surface area (Å²) in [6.07, 6.45) is -0.493. The van der Waals surface area contributed by atoms with Gasteiger partial charge in [-0.1, -0.05) is 6.07 Å².